The number of carbonyl (C=O) groups excluding carboxylic acids is 1. The number of hydrogen-bond acceptors (Lipinski definition) is 4. The summed E-state index contributed by atoms with van der Waals surface area (Å²) in [5.41, 5.74) is -0.370. The molecule has 1 aliphatic heterocycles. The highest BCUT2D eigenvalue weighted by molar-refractivity contribution is 5.93. The van der Waals surface area contributed by atoms with E-state index in [1.54, 1.807) is 6.92 Å². The number of benzene rings is 1. The number of rotatable bonds is 5. The van der Waals surface area contributed by atoms with E-state index in [9.17, 15) is 9.59 Å². The number of ether oxygens (including phenoxy) is 2. The molecule has 0 unspecified atom stereocenters. The van der Waals surface area contributed by atoms with Gasteiger partial charge in [0.15, 0.2) is 5.60 Å². The van der Waals surface area contributed by atoms with Crippen LogP contribution in [0.15, 0.2) is 42.0 Å². The Morgan fingerprint density at radius 1 is 1.40 bits per heavy atom. The van der Waals surface area contributed by atoms with Crippen molar-refractivity contribution in [3.05, 3.63) is 47.5 Å². The van der Waals surface area contributed by atoms with Crippen LogP contribution >= 0.6 is 0 Å². The second kappa shape index (κ2) is 5.88. The smallest absolute Gasteiger partial charge is 0.342 e. The van der Waals surface area contributed by atoms with Gasteiger partial charge in [-0.25, -0.2) is 9.59 Å². The Morgan fingerprint density at radius 2 is 2.10 bits per heavy atom. The van der Waals surface area contributed by atoms with Gasteiger partial charge in [0.1, 0.15) is 6.61 Å². The Kier molecular flexibility index (Phi) is 4.20. The molecule has 0 amide bonds. The zero-order valence-corrected chi connectivity index (χ0v) is 11.2. The van der Waals surface area contributed by atoms with Gasteiger partial charge < -0.3 is 14.6 Å². The third-order valence-corrected chi connectivity index (χ3v) is 3.25. The summed E-state index contributed by atoms with van der Waals surface area (Å²) in [5, 5.41) is 9.02. The molecule has 106 valence electrons. The van der Waals surface area contributed by atoms with E-state index in [2.05, 4.69) is 0 Å². The zero-order valence-electron chi connectivity index (χ0n) is 11.2. The minimum atomic E-state index is -1.32. The van der Waals surface area contributed by atoms with Gasteiger partial charge >= 0.3 is 11.9 Å². The lowest BCUT2D eigenvalue weighted by atomic mass is 9.95. The van der Waals surface area contributed by atoms with Gasteiger partial charge in [0, 0.05) is 0 Å². The first-order valence-electron chi connectivity index (χ1n) is 6.37. The monoisotopic (exact) mass is 276 g/mol. The van der Waals surface area contributed by atoms with Gasteiger partial charge in [0.25, 0.3) is 0 Å². The van der Waals surface area contributed by atoms with Crippen molar-refractivity contribution in [1.29, 1.82) is 0 Å². The number of hydrogen-bond donors (Lipinski definition) is 1. The molecule has 1 N–H and O–H groups in total. The van der Waals surface area contributed by atoms with Crippen molar-refractivity contribution in [3.63, 3.8) is 0 Å². The Bertz CT molecular complexity index is 534. The van der Waals surface area contributed by atoms with Crippen LogP contribution in [0.5, 0.6) is 0 Å². The van der Waals surface area contributed by atoms with E-state index in [-0.39, 0.29) is 18.8 Å². The average molecular weight is 276 g/mol. The number of carboxylic acid groups (broad SMARTS) is 1. The Morgan fingerprint density at radius 3 is 2.70 bits per heavy atom. The van der Waals surface area contributed by atoms with Gasteiger partial charge in [0.2, 0.25) is 0 Å². The van der Waals surface area contributed by atoms with Crippen LogP contribution in [-0.4, -0.2) is 29.3 Å². The highest BCUT2D eigenvalue weighted by atomic mass is 16.6. The summed E-state index contributed by atoms with van der Waals surface area (Å²) >= 11 is 0. The van der Waals surface area contributed by atoms with Crippen molar-refractivity contribution in [2.24, 2.45) is 0 Å². The third kappa shape index (κ3) is 2.88. The number of carboxylic acids is 1. The molecule has 5 nitrogen and oxygen atoms in total. The van der Waals surface area contributed by atoms with Gasteiger partial charge in [-0.3, -0.25) is 0 Å². The summed E-state index contributed by atoms with van der Waals surface area (Å²) in [4.78, 5) is 23.0. The summed E-state index contributed by atoms with van der Waals surface area (Å²) < 4.78 is 10.6. The van der Waals surface area contributed by atoms with Crippen LogP contribution in [0.1, 0.15) is 18.9 Å². The molecule has 0 saturated carbocycles. The molecule has 1 aliphatic rings. The quantitative estimate of drug-likeness (QED) is 0.832. The van der Waals surface area contributed by atoms with Gasteiger partial charge in [0.05, 0.1) is 12.2 Å². The first-order valence-corrected chi connectivity index (χ1v) is 6.37. The summed E-state index contributed by atoms with van der Waals surface area (Å²) in [7, 11) is 0. The van der Waals surface area contributed by atoms with Crippen LogP contribution in [0.3, 0.4) is 0 Å². The van der Waals surface area contributed by atoms with Crippen LogP contribution in [0.4, 0.5) is 0 Å². The van der Waals surface area contributed by atoms with Crippen molar-refractivity contribution in [2.75, 3.05) is 6.61 Å². The van der Waals surface area contributed by atoms with E-state index < -0.39 is 17.5 Å². The molecular weight excluding hydrogens is 260 g/mol. The Hall–Kier alpha value is -2.14. The predicted octanol–water partition coefficient (Wildman–Crippen LogP) is 1.92. The fourth-order valence-electron chi connectivity index (χ4n) is 2.01. The van der Waals surface area contributed by atoms with Gasteiger partial charge in [-0.1, -0.05) is 37.3 Å². The zero-order chi connectivity index (χ0) is 14.6. The van der Waals surface area contributed by atoms with Crippen molar-refractivity contribution in [1.82, 2.24) is 0 Å². The summed E-state index contributed by atoms with van der Waals surface area (Å²) in [6.07, 6.45) is 1.68. The van der Waals surface area contributed by atoms with Gasteiger partial charge in [-0.15, -0.1) is 0 Å². The van der Waals surface area contributed by atoms with Crippen molar-refractivity contribution in [2.45, 2.75) is 25.6 Å². The second-order valence-corrected chi connectivity index (χ2v) is 4.57. The lowest BCUT2D eigenvalue weighted by Crippen LogP contribution is -2.44. The molecule has 20 heavy (non-hydrogen) atoms. The largest absolute Gasteiger partial charge is 0.478 e. The Balaban J connectivity index is 2.21. The third-order valence-electron chi connectivity index (χ3n) is 3.25. The molecule has 0 aliphatic carbocycles. The van der Waals surface area contributed by atoms with Gasteiger partial charge in [-0.05, 0) is 18.1 Å². The average Bonchev–Trinajstić information content (AvgIpc) is 2.47. The molecule has 0 aromatic heterocycles. The van der Waals surface area contributed by atoms with Crippen molar-refractivity contribution in [3.8, 4) is 0 Å². The van der Waals surface area contributed by atoms with E-state index in [0.29, 0.717) is 6.42 Å². The van der Waals surface area contributed by atoms with Crippen LogP contribution in [0, 0.1) is 0 Å². The molecule has 0 fully saturated rings. The lowest BCUT2D eigenvalue weighted by Gasteiger charge is -2.31. The first kappa shape index (κ1) is 14.3. The maximum absolute atomic E-state index is 12.0. The lowest BCUT2D eigenvalue weighted by molar-refractivity contribution is -0.170. The minimum Gasteiger partial charge on any atom is -0.478 e. The van der Waals surface area contributed by atoms with E-state index >= 15 is 0 Å². The SMILES string of the molecule is CC[C@]1(OCc2ccccc2)C=C(C(=O)O)COC1=O. The summed E-state index contributed by atoms with van der Waals surface area (Å²) in [6, 6.07) is 9.37. The first-order chi connectivity index (χ1) is 9.57. The predicted molar refractivity (Wildman–Crippen MR) is 70.9 cm³/mol. The molecule has 0 spiro atoms. The topological polar surface area (TPSA) is 72.8 Å². The number of aliphatic carboxylic acids is 1. The molecule has 1 aromatic rings. The fraction of sp³-hybridized carbons (Fsp3) is 0.333. The number of cyclic esters (lactones) is 1. The van der Waals surface area contributed by atoms with Crippen LogP contribution in [0.2, 0.25) is 0 Å². The van der Waals surface area contributed by atoms with Crippen LogP contribution in [-0.2, 0) is 25.7 Å². The fourth-order valence-corrected chi connectivity index (χ4v) is 2.01. The molecule has 0 bridgehead atoms. The van der Waals surface area contributed by atoms with Crippen molar-refractivity contribution >= 4 is 11.9 Å². The highest BCUT2D eigenvalue weighted by Crippen LogP contribution is 2.27. The van der Waals surface area contributed by atoms with E-state index in [4.69, 9.17) is 14.6 Å². The number of carbonyl (C=O) groups is 2. The maximum Gasteiger partial charge on any atom is 0.342 e. The Labute approximate surface area is 116 Å². The van der Waals surface area contributed by atoms with E-state index in [0.717, 1.165) is 5.56 Å². The van der Waals surface area contributed by atoms with Gasteiger partial charge in [-0.2, -0.15) is 0 Å². The van der Waals surface area contributed by atoms with Crippen molar-refractivity contribution < 1.29 is 24.2 Å². The summed E-state index contributed by atoms with van der Waals surface area (Å²) in [6.45, 7) is 1.76. The molecule has 1 atom stereocenters. The standard InChI is InChI=1S/C15H16O5/c1-2-15(20-9-11-6-4-3-5-7-11)8-12(13(16)17)10-19-14(15)18/h3-8H,2,9-10H2,1H3,(H,16,17)/t15-/m0/s1. The normalized spacial score (nSPS) is 22.1. The highest BCUT2D eigenvalue weighted by Gasteiger charge is 2.42. The molecule has 0 radical (unpaired) electrons. The van der Waals surface area contributed by atoms with Crippen LogP contribution < -0.4 is 0 Å². The minimum absolute atomic E-state index is 0.0412. The summed E-state index contributed by atoms with van der Waals surface area (Å²) in [5.74, 6) is -1.64. The molecule has 1 aromatic carbocycles. The second-order valence-electron chi connectivity index (χ2n) is 4.57. The maximum atomic E-state index is 12.0. The molecule has 5 heteroatoms. The molecule has 2 rings (SSSR count). The van der Waals surface area contributed by atoms with Crippen LogP contribution in [0.25, 0.3) is 0 Å². The van der Waals surface area contributed by atoms with E-state index in [1.807, 2.05) is 30.3 Å². The van der Waals surface area contributed by atoms with E-state index in [1.165, 1.54) is 6.08 Å². The number of esters is 1. The molecule has 1 heterocycles. The molecular formula is C15H16O5. The molecule has 0 saturated heterocycles.